The summed E-state index contributed by atoms with van der Waals surface area (Å²) in [6.07, 6.45) is -6.51. The second-order valence-corrected chi connectivity index (χ2v) is 3.42. The summed E-state index contributed by atoms with van der Waals surface area (Å²) in [6, 6.07) is 0. The van der Waals surface area contributed by atoms with Gasteiger partial charge in [0, 0.05) is 0 Å². The topological polar surface area (TPSA) is 135 Å². The number of hydrogen-bond donors (Lipinski definition) is 5. The Morgan fingerprint density at radius 3 is 1.87 bits per heavy atom. The summed E-state index contributed by atoms with van der Waals surface area (Å²) in [4.78, 5) is 21.1. The van der Waals surface area contributed by atoms with Gasteiger partial charge in [0.2, 0.25) is 0 Å². The first-order chi connectivity index (χ1) is 6.62. The van der Waals surface area contributed by atoms with E-state index in [1.165, 1.54) is 0 Å². The van der Waals surface area contributed by atoms with Crippen LogP contribution in [0.25, 0.3) is 0 Å². The molecule has 4 unspecified atom stereocenters. The highest BCUT2D eigenvalue weighted by atomic mass is 16.4. The van der Waals surface area contributed by atoms with Crippen molar-refractivity contribution in [2.45, 2.75) is 37.8 Å². The molecule has 15 heavy (non-hydrogen) atoms. The van der Waals surface area contributed by atoms with Crippen LogP contribution < -0.4 is 0 Å². The predicted molar refractivity (Wildman–Crippen MR) is 47.0 cm³/mol. The lowest BCUT2D eigenvalue weighted by atomic mass is 9.89. The van der Waals surface area contributed by atoms with Crippen molar-refractivity contribution in [3.63, 3.8) is 0 Å². The van der Waals surface area contributed by atoms with Gasteiger partial charge in [0.05, 0.1) is 0 Å². The van der Waals surface area contributed by atoms with Crippen molar-refractivity contribution >= 4 is 11.8 Å². The number of aliphatic hydroxyl groups excluding tert-OH is 3. The second kappa shape index (κ2) is 4.67. The number of ketones is 1. The molecule has 0 amide bonds. The molecule has 0 rings (SSSR count). The first kappa shape index (κ1) is 14.0. The van der Waals surface area contributed by atoms with Gasteiger partial charge in [0.25, 0.3) is 0 Å². The van der Waals surface area contributed by atoms with E-state index in [1.807, 2.05) is 0 Å². The second-order valence-electron chi connectivity index (χ2n) is 3.42. The van der Waals surface area contributed by atoms with E-state index in [1.54, 1.807) is 0 Å². The van der Waals surface area contributed by atoms with E-state index >= 15 is 0 Å². The van der Waals surface area contributed by atoms with Crippen LogP contribution >= 0.6 is 0 Å². The molecule has 0 bridgehead atoms. The van der Waals surface area contributed by atoms with Crippen LogP contribution in [0.4, 0.5) is 0 Å². The Kier molecular flexibility index (Phi) is 4.35. The Labute approximate surface area is 85.6 Å². The Morgan fingerprint density at radius 2 is 1.60 bits per heavy atom. The molecule has 0 saturated carbocycles. The number of carbonyl (C=O) groups is 2. The molecule has 88 valence electrons. The molecule has 0 aliphatic heterocycles. The number of carboxylic acids is 1. The molecule has 7 nitrogen and oxygen atoms in total. The number of carboxylic acid groups (broad SMARTS) is 1. The summed E-state index contributed by atoms with van der Waals surface area (Å²) in [5.74, 6) is -2.62. The zero-order valence-electron chi connectivity index (χ0n) is 8.28. The molecular formula is C8H14O7. The number of carbonyl (C=O) groups excluding carboxylic acids is 1. The van der Waals surface area contributed by atoms with Gasteiger partial charge in [-0.2, -0.15) is 0 Å². The Balaban J connectivity index is 4.78. The fourth-order valence-electron chi connectivity index (χ4n) is 0.860. The molecule has 0 heterocycles. The third kappa shape index (κ3) is 2.96. The highest BCUT2D eigenvalue weighted by Gasteiger charge is 2.44. The lowest BCUT2D eigenvalue weighted by Gasteiger charge is -2.30. The number of aliphatic carboxylic acids is 1. The molecule has 0 aliphatic carbocycles. The van der Waals surface area contributed by atoms with E-state index < -0.39 is 35.7 Å². The van der Waals surface area contributed by atoms with E-state index in [2.05, 4.69) is 0 Å². The average molecular weight is 222 g/mol. The highest BCUT2D eigenvalue weighted by Crippen LogP contribution is 2.16. The van der Waals surface area contributed by atoms with Gasteiger partial charge >= 0.3 is 5.97 Å². The smallest absolute Gasteiger partial charge is 0.335 e. The first-order valence-electron chi connectivity index (χ1n) is 4.12. The van der Waals surface area contributed by atoms with Crippen LogP contribution in [0, 0.1) is 0 Å². The largest absolute Gasteiger partial charge is 0.479 e. The summed E-state index contributed by atoms with van der Waals surface area (Å²) in [5.41, 5.74) is -2.31. The van der Waals surface area contributed by atoms with Gasteiger partial charge in [-0.3, -0.25) is 4.79 Å². The molecule has 4 atom stereocenters. The van der Waals surface area contributed by atoms with Crippen LogP contribution in [-0.2, 0) is 9.59 Å². The maximum absolute atomic E-state index is 10.9. The van der Waals surface area contributed by atoms with Crippen molar-refractivity contribution in [1.82, 2.24) is 0 Å². The van der Waals surface area contributed by atoms with Crippen molar-refractivity contribution in [3.8, 4) is 0 Å². The fourth-order valence-corrected chi connectivity index (χ4v) is 0.860. The van der Waals surface area contributed by atoms with Crippen molar-refractivity contribution in [2.75, 3.05) is 0 Å². The number of Topliss-reactive ketones (excluding diaryl/α,β-unsaturated/α-hetero) is 1. The van der Waals surface area contributed by atoms with Gasteiger partial charge < -0.3 is 25.5 Å². The maximum Gasteiger partial charge on any atom is 0.335 e. The number of aliphatic hydroxyl groups is 4. The van der Waals surface area contributed by atoms with Crippen LogP contribution in [0.1, 0.15) is 13.8 Å². The molecule has 0 fully saturated rings. The highest BCUT2D eigenvalue weighted by molar-refractivity contribution is 5.85. The van der Waals surface area contributed by atoms with Crippen LogP contribution in [0.5, 0.6) is 0 Å². The van der Waals surface area contributed by atoms with Crippen molar-refractivity contribution in [2.24, 2.45) is 0 Å². The van der Waals surface area contributed by atoms with Crippen molar-refractivity contribution < 1.29 is 35.1 Å². The summed E-state index contributed by atoms with van der Waals surface area (Å²) < 4.78 is 0. The normalized spacial score (nSPS) is 21.2. The molecule has 7 heteroatoms. The summed E-state index contributed by atoms with van der Waals surface area (Å²) in [7, 11) is 0. The minimum atomic E-state index is -2.31. The monoisotopic (exact) mass is 222 g/mol. The number of rotatable bonds is 5. The Bertz CT molecular complexity index is 260. The van der Waals surface area contributed by atoms with Gasteiger partial charge in [-0.1, -0.05) is 0 Å². The van der Waals surface area contributed by atoms with Crippen LogP contribution in [0.3, 0.4) is 0 Å². The van der Waals surface area contributed by atoms with E-state index in [4.69, 9.17) is 15.3 Å². The van der Waals surface area contributed by atoms with E-state index in [-0.39, 0.29) is 0 Å². The maximum atomic E-state index is 10.9. The summed E-state index contributed by atoms with van der Waals surface area (Å²) in [6.45, 7) is 1.88. The van der Waals surface area contributed by atoms with Crippen molar-refractivity contribution in [3.05, 3.63) is 0 Å². The van der Waals surface area contributed by atoms with Crippen molar-refractivity contribution in [1.29, 1.82) is 0 Å². The third-order valence-corrected chi connectivity index (χ3v) is 2.19. The minimum absolute atomic E-state index is 0.855. The quantitative estimate of drug-likeness (QED) is 0.346. The molecule has 0 saturated heterocycles. The van der Waals surface area contributed by atoms with Gasteiger partial charge in [-0.05, 0) is 13.8 Å². The summed E-state index contributed by atoms with van der Waals surface area (Å²) >= 11 is 0. The zero-order chi connectivity index (χ0) is 12.4. The Hall–Kier alpha value is -1.02. The molecule has 0 radical (unpaired) electrons. The molecule has 0 aromatic carbocycles. The fraction of sp³-hybridized carbons (Fsp3) is 0.750. The molecule has 0 aromatic rings. The predicted octanol–water partition coefficient (Wildman–Crippen LogP) is -2.51. The Morgan fingerprint density at radius 1 is 1.20 bits per heavy atom. The standard InChI is InChI=1S/C8H14O7/c1-3(9)8(2,15)6(12)4(10)5(11)7(13)14/h4-6,10-12,15H,1-2H3,(H,13,14). The molecule has 5 N–H and O–H groups in total. The van der Waals surface area contributed by atoms with E-state index in [0.717, 1.165) is 13.8 Å². The van der Waals surface area contributed by atoms with E-state index in [0.29, 0.717) is 0 Å². The molecule has 0 spiro atoms. The van der Waals surface area contributed by atoms with Crippen LogP contribution in [0.15, 0.2) is 0 Å². The number of hydrogen-bond acceptors (Lipinski definition) is 6. The summed E-state index contributed by atoms with van der Waals surface area (Å²) in [5, 5.41) is 45.0. The third-order valence-electron chi connectivity index (χ3n) is 2.19. The van der Waals surface area contributed by atoms with Gasteiger partial charge in [0.1, 0.15) is 17.8 Å². The minimum Gasteiger partial charge on any atom is -0.479 e. The average Bonchev–Trinajstić information content (AvgIpc) is 2.13. The van der Waals surface area contributed by atoms with Gasteiger partial charge in [-0.25, -0.2) is 4.79 Å². The van der Waals surface area contributed by atoms with E-state index in [9.17, 15) is 19.8 Å². The molecule has 0 aliphatic rings. The first-order valence-corrected chi connectivity index (χ1v) is 4.12. The lowest BCUT2D eigenvalue weighted by molar-refractivity contribution is -0.177. The van der Waals surface area contributed by atoms with Crippen LogP contribution in [0.2, 0.25) is 0 Å². The molecular weight excluding hydrogens is 208 g/mol. The van der Waals surface area contributed by atoms with Gasteiger partial charge in [-0.15, -0.1) is 0 Å². The molecule has 0 aromatic heterocycles. The SMILES string of the molecule is CC(=O)C(C)(O)C(O)C(O)C(O)C(=O)O. The zero-order valence-corrected chi connectivity index (χ0v) is 8.28. The van der Waals surface area contributed by atoms with Crippen LogP contribution in [-0.4, -0.2) is 61.2 Å². The lowest BCUT2D eigenvalue weighted by Crippen LogP contribution is -2.56. The van der Waals surface area contributed by atoms with Gasteiger partial charge in [0.15, 0.2) is 11.9 Å².